The largest absolute Gasteiger partial charge is 0.482 e. The number of ether oxygens (including phenoxy) is 1. The molecule has 4 N–H and O–H groups in total. The van der Waals surface area contributed by atoms with Crippen molar-refractivity contribution in [2.75, 3.05) is 11.9 Å². The van der Waals surface area contributed by atoms with Crippen LogP contribution in [0.25, 0.3) is 11.0 Å². The quantitative estimate of drug-likeness (QED) is 0.477. The maximum Gasteiger partial charge on any atom is 0.272 e. The summed E-state index contributed by atoms with van der Waals surface area (Å²) >= 11 is 0. The molecule has 4 rings (SSSR count). The van der Waals surface area contributed by atoms with E-state index in [1.807, 2.05) is 13.8 Å². The number of rotatable bonds is 6. The number of aromatic amines is 1. The molecule has 0 saturated heterocycles. The first-order valence-electron chi connectivity index (χ1n) is 9.93. The molecule has 0 fully saturated rings. The average molecular weight is 422 g/mol. The summed E-state index contributed by atoms with van der Waals surface area (Å²) in [6, 6.07) is 5.31. The van der Waals surface area contributed by atoms with Crippen LogP contribution in [0, 0.1) is 0 Å². The van der Waals surface area contributed by atoms with Crippen LogP contribution in [0.2, 0.25) is 0 Å². The Kier molecular flexibility index (Phi) is 5.52. The van der Waals surface area contributed by atoms with Gasteiger partial charge in [-0.05, 0) is 31.0 Å². The van der Waals surface area contributed by atoms with Gasteiger partial charge in [0.2, 0.25) is 0 Å². The highest BCUT2D eigenvalue weighted by atomic mass is 16.5. The molecule has 3 amide bonds. The highest BCUT2D eigenvalue weighted by Crippen LogP contribution is 2.28. The number of aromatic nitrogens is 3. The van der Waals surface area contributed by atoms with Gasteiger partial charge in [-0.3, -0.25) is 14.4 Å². The number of benzene rings is 1. The predicted molar refractivity (Wildman–Crippen MR) is 113 cm³/mol. The van der Waals surface area contributed by atoms with Gasteiger partial charge in [0.1, 0.15) is 17.6 Å². The Bertz CT molecular complexity index is 1170. The molecule has 1 aliphatic rings. The number of carbonyl (C=O) groups excluding carboxylic acids is 3. The highest BCUT2D eigenvalue weighted by Gasteiger charge is 2.21. The number of nitrogens with one attached hydrogen (secondary N) is 4. The first-order chi connectivity index (χ1) is 15.0. The van der Waals surface area contributed by atoms with Gasteiger partial charge in [0.15, 0.2) is 12.3 Å². The third kappa shape index (κ3) is 4.18. The Balaban J connectivity index is 1.50. The number of hydrogen-bond donors (Lipinski definition) is 4. The van der Waals surface area contributed by atoms with Crippen molar-refractivity contribution >= 4 is 34.4 Å². The number of carbonyl (C=O) groups is 3. The maximum absolute atomic E-state index is 12.8. The fourth-order valence-electron chi connectivity index (χ4n) is 3.19. The Hall–Kier alpha value is -3.95. The van der Waals surface area contributed by atoms with E-state index in [1.54, 1.807) is 18.2 Å². The molecule has 160 valence electrons. The van der Waals surface area contributed by atoms with Gasteiger partial charge < -0.3 is 25.7 Å². The fourth-order valence-corrected chi connectivity index (χ4v) is 3.19. The third-order valence-corrected chi connectivity index (χ3v) is 5.04. The van der Waals surface area contributed by atoms with E-state index in [0.29, 0.717) is 28.0 Å². The average Bonchev–Trinajstić information content (AvgIpc) is 3.21. The third-order valence-electron chi connectivity index (χ3n) is 5.04. The smallest absolute Gasteiger partial charge is 0.272 e. The van der Waals surface area contributed by atoms with E-state index >= 15 is 0 Å². The van der Waals surface area contributed by atoms with Crippen molar-refractivity contribution in [2.45, 2.75) is 32.9 Å². The summed E-state index contributed by atoms with van der Waals surface area (Å²) in [4.78, 5) is 47.9. The van der Waals surface area contributed by atoms with E-state index < -0.39 is 5.91 Å². The minimum atomic E-state index is -0.416. The van der Waals surface area contributed by atoms with Gasteiger partial charge in [-0.2, -0.15) is 0 Å². The van der Waals surface area contributed by atoms with Crippen LogP contribution in [0.3, 0.4) is 0 Å². The maximum atomic E-state index is 12.8. The van der Waals surface area contributed by atoms with Crippen LogP contribution >= 0.6 is 0 Å². The monoisotopic (exact) mass is 422 g/mol. The SMILES string of the molecule is CC[C@H](C)NC(=O)c1c[nH]c2c(C(=O)NCc3ccc4c(c3)NC(=O)CO4)ncnc12. The predicted octanol–water partition coefficient (Wildman–Crippen LogP) is 1.75. The summed E-state index contributed by atoms with van der Waals surface area (Å²) < 4.78 is 5.33. The molecular weight excluding hydrogens is 400 g/mol. The highest BCUT2D eigenvalue weighted by molar-refractivity contribution is 6.10. The van der Waals surface area contributed by atoms with Crippen LogP contribution in [0.4, 0.5) is 5.69 Å². The Morgan fingerprint density at radius 3 is 2.90 bits per heavy atom. The molecule has 3 aromatic rings. The summed E-state index contributed by atoms with van der Waals surface area (Å²) in [5.41, 5.74) is 2.62. The van der Waals surface area contributed by atoms with E-state index in [4.69, 9.17) is 4.74 Å². The topological polar surface area (TPSA) is 138 Å². The lowest BCUT2D eigenvalue weighted by Crippen LogP contribution is -2.31. The number of amides is 3. The van der Waals surface area contributed by atoms with Crippen molar-refractivity contribution < 1.29 is 19.1 Å². The number of H-pyrrole nitrogens is 1. The van der Waals surface area contributed by atoms with E-state index in [0.717, 1.165) is 12.0 Å². The standard InChI is InChI=1S/C21H22N6O4/c1-3-11(2)26-20(29)13-8-22-18-17(13)24-10-25-19(18)21(30)23-7-12-4-5-15-14(6-12)27-16(28)9-31-15/h4-6,8,10-11,22H,3,7,9H2,1-2H3,(H,23,30)(H,26,29)(H,27,28)/t11-/m0/s1. The van der Waals surface area contributed by atoms with Crippen molar-refractivity contribution in [1.29, 1.82) is 0 Å². The van der Waals surface area contributed by atoms with E-state index in [9.17, 15) is 14.4 Å². The lowest BCUT2D eigenvalue weighted by atomic mass is 10.1. The zero-order valence-electron chi connectivity index (χ0n) is 17.1. The van der Waals surface area contributed by atoms with Gasteiger partial charge in [0, 0.05) is 18.8 Å². The second-order valence-electron chi connectivity index (χ2n) is 7.28. The molecule has 10 nitrogen and oxygen atoms in total. The van der Waals surface area contributed by atoms with Gasteiger partial charge in [0.05, 0.1) is 16.8 Å². The normalized spacial score (nSPS) is 13.7. The van der Waals surface area contributed by atoms with Crippen molar-refractivity contribution in [1.82, 2.24) is 25.6 Å². The molecule has 1 atom stereocenters. The Labute approximate surface area is 177 Å². The van der Waals surface area contributed by atoms with Crippen molar-refractivity contribution in [3.05, 3.63) is 47.5 Å². The lowest BCUT2D eigenvalue weighted by molar-refractivity contribution is -0.118. The van der Waals surface area contributed by atoms with Crippen LogP contribution in [-0.4, -0.2) is 45.3 Å². The number of hydrogen-bond acceptors (Lipinski definition) is 6. The van der Waals surface area contributed by atoms with E-state index in [2.05, 4.69) is 30.9 Å². The van der Waals surface area contributed by atoms with Crippen molar-refractivity contribution in [3.63, 3.8) is 0 Å². The second kappa shape index (κ2) is 8.42. The van der Waals surface area contributed by atoms with Crippen molar-refractivity contribution in [2.24, 2.45) is 0 Å². The zero-order valence-corrected chi connectivity index (χ0v) is 17.1. The molecule has 2 aromatic heterocycles. The molecule has 0 saturated carbocycles. The van der Waals surface area contributed by atoms with Crippen LogP contribution in [0.1, 0.15) is 46.7 Å². The van der Waals surface area contributed by atoms with E-state index in [1.165, 1.54) is 12.5 Å². The first-order valence-corrected chi connectivity index (χ1v) is 9.93. The van der Waals surface area contributed by atoms with Gasteiger partial charge in [-0.15, -0.1) is 0 Å². The number of nitrogens with zero attached hydrogens (tertiary/aromatic N) is 2. The van der Waals surface area contributed by atoms with Gasteiger partial charge >= 0.3 is 0 Å². The minimum Gasteiger partial charge on any atom is -0.482 e. The molecule has 0 unspecified atom stereocenters. The Morgan fingerprint density at radius 1 is 1.26 bits per heavy atom. The van der Waals surface area contributed by atoms with Crippen LogP contribution in [0.5, 0.6) is 5.75 Å². The fraction of sp³-hybridized carbons (Fsp3) is 0.286. The lowest BCUT2D eigenvalue weighted by Gasteiger charge is -2.18. The molecule has 31 heavy (non-hydrogen) atoms. The first kappa shape index (κ1) is 20.3. The zero-order chi connectivity index (χ0) is 22.0. The molecule has 0 radical (unpaired) electrons. The minimum absolute atomic E-state index is 0.0136. The van der Waals surface area contributed by atoms with Crippen LogP contribution in [0.15, 0.2) is 30.7 Å². The van der Waals surface area contributed by atoms with Crippen LogP contribution < -0.4 is 20.7 Å². The van der Waals surface area contributed by atoms with E-state index in [-0.39, 0.29) is 36.7 Å². The molecule has 3 heterocycles. The molecule has 1 aliphatic heterocycles. The molecule has 0 spiro atoms. The summed E-state index contributed by atoms with van der Waals surface area (Å²) in [6.07, 6.45) is 3.59. The van der Waals surface area contributed by atoms with Crippen LogP contribution in [-0.2, 0) is 11.3 Å². The van der Waals surface area contributed by atoms with Gasteiger partial charge in [0.25, 0.3) is 17.7 Å². The summed E-state index contributed by atoms with van der Waals surface area (Å²) in [7, 11) is 0. The molecular formula is C21H22N6O4. The summed E-state index contributed by atoms with van der Waals surface area (Å²) in [6.45, 7) is 4.10. The van der Waals surface area contributed by atoms with Crippen molar-refractivity contribution in [3.8, 4) is 5.75 Å². The molecule has 1 aromatic carbocycles. The number of anilines is 1. The summed E-state index contributed by atoms with van der Waals surface area (Å²) in [5.74, 6) is -0.316. The number of fused-ring (bicyclic) bond motifs is 2. The Morgan fingerprint density at radius 2 is 2.10 bits per heavy atom. The van der Waals surface area contributed by atoms with Gasteiger partial charge in [-0.1, -0.05) is 13.0 Å². The summed E-state index contributed by atoms with van der Waals surface area (Å²) in [5, 5.41) is 8.42. The molecule has 0 bridgehead atoms. The second-order valence-corrected chi connectivity index (χ2v) is 7.28. The molecule has 10 heteroatoms. The van der Waals surface area contributed by atoms with Gasteiger partial charge in [-0.25, -0.2) is 9.97 Å². The molecule has 0 aliphatic carbocycles.